The van der Waals surface area contributed by atoms with E-state index in [9.17, 15) is 14.4 Å². The molecule has 1 aliphatic carbocycles. The Morgan fingerprint density at radius 1 is 1.12 bits per heavy atom. The van der Waals surface area contributed by atoms with Crippen molar-refractivity contribution in [1.82, 2.24) is 0 Å². The number of esters is 2. The molecule has 1 aromatic carbocycles. The van der Waals surface area contributed by atoms with Crippen LogP contribution in [0, 0.1) is 11.8 Å². The predicted molar refractivity (Wildman–Crippen MR) is 93.0 cm³/mol. The van der Waals surface area contributed by atoms with Gasteiger partial charge in [0, 0.05) is 17.5 Å². The highest BCUT2D eigenvalue weighted by atomic mass is 16.5. The molecule has 0 aromatic heterocycles. The van der Waals surface area contributed by atoms with Crippen molar-refractivity contribution in [2.24, 2.45) is 11.8 Å². The summed E-state index contributed by atoms with van der Waals surface area (Å²) in [5, 5.41) is 3.17. The van der Waals surface area contributed by atoms with Crippen LogP contribution >= 0.6 is 0 Å². The van der Waals surface area contributed by atoms with Crippen molar-refractivity contribution < 1.29 is 23.9 Å². The molecule has 0 bridgehead atoms. The Kier molecular flexibility index (Phi) is 6.33. The highest BCUT2D eigenvalue weighted by Gasteiger charge is 2.36. The number of ether oxygens (including phenoxy) is 2. The Morgan fingerprint density at radius 3 is 2.32 bits per heavy atom. The number of carbonyl (C=O) groups excluding carboxylic acids is 3. The standard InChI is InChI=1S/C19H23NO5/c1-4-24-18(22)13-6-8-14(9-7-13)20-15-10-12(3)17(16(21)11-15)19(23)25-5-2/h6-9,11-12,17,20H,4-5,10H2,1-3H3/t12-,17+/m1/s1. The molecule has 134 valence electrons. The van der Waals surface area contributed by atoms with E-state index in [1.165, 1.54) is 6.08 Å². The van der Waals surface area contributed by atoms with Gasteiger partial charge in [0.25, 0.3) is 0 Å². The third-order valence-corrected chi connectivity index (χ3v) is 3.98. The smallest absolute Gasteiger partial charge is 0.338 e. The van der Waals surface area contributed by atoms with Crippen LogP contribution in [0.3, 0.4) is 0 Å². The second-order valence-electron chi connectivity index (χ2n) is 5.91. The van der Waals surface area contributed by atoms with Gasteiger partial charge in [0.15, 0.2) is 5.78 Å². The average molecular weight is 345 g/mol. The van der Waals surface area contributed by atoms with E-state index < -0.39 is 11.9 Å². The molecule has 0 amide bonds. The highest BCUT2D eigenvalue weighted by molar-refractivity contribution is 6.06. The minimum Gasteiger partial charge on any atom is -0.465 e. The third-order valence-electron chi connectivity index (χ3n) is 3.98. The van der Waals surface area contributed by atoms with E-state index in [0.29, 0.717) is 18.6 Å². The molecule has 0 radical (unpaired) electrons. The normalized spacial score (nSPS) is 19.8. The summed E-state index contributed by atoms with van der Waals surface area (Å²) in [6, 6.07) is 6.83. The molecule has 2 atom stereocenters. The molecule has 0 fully saturated rings. The lowest BCUT2D eigenvalue weighted by Crippen LogP contribution is -2.34. The fraction of sp³-hybridized carbons (Fsp3) is 0.421. The highest BCUT2D eigenvalue weighted by Crippen LogP contribution is 2.29. The van der Waals surface area contributed by atoms with Crippen molar-refractivity contribution in [1.29, 1.82) is 0 Å². The summed E-state index contributed by atoms with van der Waals surface area (Å²) in [6.45, 7) is 5.92. The predicted octanol–water partition coefficient (Wildman–Crippen LogP) is 2.95. The molecular formula is C19H23NO5. The maximum absolute atomic E-state index is 12.3. The quantitative estimate of drug-likeness (QED) is 0.630. The van der Waals surface area contributed by atoms with Gasteiger partial charge in [0.05, 0.1) is 18.8 Å². The zero-order valence-electron chi connectivity index (χ0n) is 14.7. The fourth-order valence-corrected chi connectivity index (χ4v) is 2.82. The molecular weight excluding hydrogens is 322 g/mol. The number of benzene rings is 1. The lowest BCUT2D eigenvalue weighted by atomic mass is 9.82. The van der Waals surface area contributed by atoms with Crippen LogP contribution < -0.4 is 5.32 Å². The number of anilines is 1. The van der Waals surface area contributed by atoms with Gasteiger partial charge in [-0.3, -0.25) is 9.59 Å². The Bertz CT molecular complexity index is 678. The third kappa shape index (κ3) is 4.68. The molecule has 6 nitrogen and oxygen atoms in total. The number of allylic oxidation sites excluding steroid dienone is 2. The molecule has 0 saturated carbocycles. The Labute approximate surface area is 147 Å². The van der Waals surface area contributed by atoms with E-state index in [1.54, 1.807) is 38.1 Å². The van der Waals surface area contributed by atoms with Crippen LogP contribution in [0.1, 0.15) is 37.6 Å². The first-order chi connectivity index (χ1) is 12.0. The van der Waals surface area contributed by atoms with Crippen LogP contribution in [-0.4, -0.2) is 30.9 Å². The summed E-state index contributed by atoms with van der Waals surface area (Å²) in [4.78, 5) is 35.8. The molecule has 0 saturated heterocycles. The lowest BCUT2D eigenvalue weighted by molar-refractivity contribution is -0.152. The van der Waals surface area contributed by atoms with Gasteiger partial charge in [-0.25, -0.2) is 4.79 Å². The zero-order valence-corrected chi connectivity index (χ0v) is 14.7. The number of nitrogens with one attached hydrogen (secondary N) is 1. The van der Waals surface area contributed by atoms with E-state index in [4.69, 9.17) is 9.47 Å². The molecule has 0 unspecified atom stereocenters. The van der Waals surface area contributed by atoms with Gasteiger partial charge >= 0.3 is 11.9 Å². The van der Waals surface area contributed by atoms with Crippen molar-refractivity contribution in [3.8, 4) is 0 Å². The molecule has 1 aliphatic rings. The van der Waals surface area contributed by atoms with Gasteiger partial charge in [0.2, 0.25) is 0 Å². The molecule has 0 spiro atoms. The number of rotatable bonds is 6. The van der Waals surface area contributed by atoms with E-state index in [0.717, 1.165) is 11.4 Å². The minimum atomic E-state index is -0.739. The SMILES string of the molecule is CCOC(=O)c1ccc(NC2=CC(=O)[C@@H](C(=O)OCC)[C@H](C)C2)cc1. The van der Waals surface area contributed by atoms with Crippen LogP contribution in [0.5, 0.6) is 0 Å². The van der Waals surface area contributed by atoms with Crippen LogP contribution in [0.15, 0.2) is 36.0 Å². The first kappa shape index (κ1) is 18.7. The molecule has 1 aromatic rings. The first-order valence-electron chi connectivity index (χ1n) is 8.41. The maximum atomic E-state index is 12.3. The average Bonchev–Trinajstić information content (AvgIpc) is 2.55. The number of hydrogen-bond acceptors (Lipinski definition) is 6. The topological polar surface area (TPSA) is 81.7 Å². The first-order valence-corrected chi connectivity index (χ1v) is 8.41. The molecule has 0 aliphatic heterocycles. The monoisotopic (exact) mass is 345 g/mol. The molecule has 0 heterocycles. The minimum absolute atomic E-state index is 0.141. The van der Waals surface area contributed by atoms with Gasteiger partial charge < -0.3 is 14.8 Å². The molecule has 6 heteroatoms. The maximum Gasteiger partial charge on any atom is 0.338 e. The van der Waals surface area contributed by atoms with Crippen molar-refractivity contribution in [2.75, 3.05) is 18.5 Å². The molecule has 1 N–H and O–H groups in total. The van der Waals surface area contributed by atoms with Gasteiger partial charge in [-0.2, -0.15) is 0 Å². The van der Waals surface area contributed by atoms with Gasteiger partial charge in [0.1, 0.15) is 5.92 Å². The van der Waals surface area contributed by atoms with Crippen molar-refractivity contribution in [3.63, 3.8) is 0 Å². The van der Waals surface area contributed by atoms with E-state index in [1.807, 2.05) is 6.92 Å². The second-order valence-corrected chi connectivity index (χ2v) is 5.91. The number of carbonyl (C=O) groups is 3. The van der Waals surface area contributed by atoms with Crippen molar-refractivity contribution >= 4 is 23.4 Å². The van der Waals surface area contributed by atoms with Crippen molar-refractivity contribution in [2.45, 2.75) is 27.2 Å². The number of hydrogen-bond donors (Lipinski definition) is 1. The summed E-state index contributed by atoms with van der Waals surface area (Å²) >= 11 is 0. The zero-order chi connectivity index (χ0) is 18.4. The van der Waals surface area contributed by atoms with Crippen LogP contribution in [-0.2, 0) is 19.1 Å². The summed E-state index contributed by atoms with van der Waals surface area (Å²) in [6.07, 6.45) is 2.02. The molecule has 25 heavy (non-hydrogen) atoms. The van der Waals surface area contributed by atoms with Crippen LogP contribution in [0.25, 0.3) is 0 Å². The largest absolute Gasteiger partial charge is 0.465 e. The van der Waals surface area contributed by atoms with E-state index >= 15 is 0 Å². The van der Waals surface area contributed by atoms with E-state index in [2.05, 4.69) is 5.32 Å². The van der Waals surface area contributed by atoms with Crippen LogP contribution in [0.2, 0.25) is 0 Å². The summed E-state index contributed by atoms with van der Waals surface area (Å²) in [5.74, 6) is -1.96. The van der Waals surface area contributed by atoms with E-state index in [-0.39, 0.29) is 24.3 Å². The van der Waals surface area contributed by atoms with Gasteiger partial charge in [-0.15, -0.1) is 0 Å². The summed E-state index contributed by atoms with van der Waals surface area (Å²) in [7, 11) is 0. The Morgan fingerprint density at radius 2 is 1.76 bits per heavy atom. The number of ketones is 1. The molecule has 2 rings (SSSR count). The Hall–Kier alpha value is -2.63. The Balaban J connectivity index is 2.06. The van der Waals surface area contributed by atoms with Crippen LogP contribution in [0.4, 0.5) is 5.69 Å². The second kappa shape index (κ2) is 8.46. The summed E-state index contributed by atoms with van der Waals surface area (Å²) in [5.41, 5.74) is 1.97. The van der Waals surface area contributed by atoms with Crippen molar-refractivity contribution in [3.05, 3.63) is 41.6 Å². The van der Waals surface area contributed by atoms with Gasteiger partial charge in [-0.1, -0.05) is 6.92 Å². The fourth-order valence-electron chi connectivity index (χ4n) is 2.82. The lowest BCUT2D eigenvalue weighted by Gasteiger charge is -2.26. The van der Waals surface area contributed by atoms with Gasteiger partial charge in [-0.05, 0) is 50.5 Å². The summed E-state index contributed by atoms with van der Waals surface area (Å²) < 4.78 is 9.92.